The van der Waals surface area contributed by atoms with Crippen LogP contribution in [0.4, 0.5) is 4.39 Å². The van der Waals surface area contributed by atoms with Gasteiger partial charge in [-0.25, -0.2) is 4.39 Å². The Kier molecular flexibility index (Phi) is 2.63. The minimum absolute atomic E-state index is 0.0878. The highest BCUT2D eigenvalue weighted by Gasteiger charge is 2.11. The molecule has 0 aliphatic rings. The van der Waals surface area contributed by atoms with Gasteiger partial charge in [0, 0.05) is 11.6 Å². The predicted octanol–water partition coefficient (Wildman–Crippen LogP) is 1.76. The fraction of sp³-hybridized carbons (Fsp3) is 0. The fourth-order valence-electron chi connectivity index (χ4n) is 1.54. The van der Waals surface area contributed by atoms with Crippen molar-refractivity contribution in [3.05, 3.63) is 52.1 Å². The summed E-state index contributed by atoms with van der Waals surface area (Å²) >= 11 is 0. The third-order valence-corrected chi connectivity index (χ3v) is 2.27. The van der Waals surface area contributed by atoms with Gasteiger partial charge in [0.25, 0.3) is 5.56 Å². The van der Waals surface area contributed by atoms with Crippen molar-refractivity contribution in [3.63, 3.8) is 0 Å². The Bertz CT molecular complexity index is 671. The normalized spacial score (nSPS) is 9.88. The third kappa shape index (κ3) is 2.01. The molecule has 0 aliphatic heterocycles. The van der Waals surface area contributed by atoms with Gasteiger partial charge in [0.1, 0.15) is 17.4 Å². The molecule has 4 nitrogen and oxygen atoms in total. The molecule has 0 amide bonds. The molecule has 17 heavy (non-hydrogen) atoms. The van der Waals surface area contributed by atoms with Crippen molar-refractivity contribution in [1.29, 1.82) is 5.26 Å². The van der Waals surface area contributed by atoms with Crippen LogP contribution >= 0.6 is 0 Å². The van der Waals surface area contributed by atoms with E-state index in [1.54, 1.807) is 12.1 Å². The first-order chi connectivity index (χ1) is 8.11. The number of nitrogens with one attached hydrogen (secondary N) is 1. The number of nitrogens with zero attached hydrogens (tertiary/aromatic N) is 1. The van der Waals surface area contributed by atoms with Crippen molar-refractivity contribution < 1.29 is 9.50 Å². The van der Waals surface area contributed by atoms with Gasteiger partial charge in [-0.3, -0.25) is 9.78 Å². The van der Waals surface area contributed by atoms with E-state index in [1.807, 2.05) is 0 Å². The largest absolute Gasteiger partial charge is 0.494 e. The van der Waals surface area contributed by atoms with Gasteiger partial charge in [0.15, 0.2) is 0 Å². The SMILES string of the molecule is N#Cc1c(-c2cccc(F)c2)cc(=O)[nH]c1O. The second-order valence-electron chi connectivity index (χ2n) is 3.39. The Labute approximate surface area is 95.6 Å². The molecule has 0 atom stereocenters. The van der Waals surface area contributed by atoms with Crippen LogP contribution in [0.15, 0.2) is 35.1 Å². The highest BCUT2D eigenvalue weighted by atomic mass is 19.1. The Morgan fingerprint density at radius 1 is 1.35 bits per heavy atom. The van der Waals surface area contributed by atoms with E-state index in [-0.39, 0.29) is 11.1 Å². The lowest BCUT2D eigenvalue weighted by Gasteiger charge is -2.05. The lowest BCUT2D eigenvalue weighted by molar-refractivity contribution is 0.450. The number of H-pyrrole nitrogens is 1. The number of aromatic hydroxyl groups is 1. The van der Waals surface area contributed by atoms with Crippen molar-refractivity contribution in [1.82, 2.24) is 4.98 Å². The minimum Gasteiger partial charge on any atom is -0.494 e. The van der Waals surface area contributed by atoms with E-state index in [2.05, 4.69) is 4.98 Å². The number of benzene rings is 1. The van der Waals surface area contributed by atoms with Gasteiger partial charge in [0.2, 0.25) is 5.88 Å². The van der Waals surface area contributed by atoms with Crippen molar-refractivity contribution in [3.8, 4) is 23.1 Å². The van der Waals surface area contributed by atoms with E-state index >= 15 is 0 Å². The number of aromatic nitrogens is 1. The summed E-state index contributed by atoms with van der Waals surface area (Å²) in [7, 11) is 0. The first kappa shape index (κ1) is 10.9. The van der Waals surface area contributed by atoms with E-state index in [9.17, 15) is 14.3 Å². The summed E-state index contributed by atoms with van der Waals surface area (Å²) in [6.07, 6.45) is 0. The number of hydrogen-bond donors (Lipinski definition) is 2. The van der Waals surface area contributed by atoms with Crippen LogP contribution in [0.25, 0.3) is 11.1 Å². The molecule has 0 radical (unpaired) electrons. The highest BCUT2D eigenvalue weighted by Crippen LogP contribution is 2.26. The summed E-state index contributed by atoms with van der Waals surface area (Å²) < 4.78 is 13.1. The van der Waals surface area contributed by atoms with Gasteiger partial charge in [-0.1, -0.05) is 12.1 Å². The van der Waals surface area contributed by atoms with Crippen LogP contribution in [0.5, 0.6) is 5.88 Å². The van der Waals surface area contributed by atoms with Crippen molar-refractivity contribution in [2.45, 2.75) is 0 Å². The molecule has 1 aromatic heterocycles. The van der Waals surface area contributed by atoms with Gasteiger partial charge in [0.05, 0.1) is 0 Å². The molecule has 0 aliphatic carbocycles. The third-order valence-electron chi connectivity index (χ3n) is 2.27. The van der Waals surface area contributed by atoms with Gasteiger partial charge < -0.3 is 5.11 Å². The Hall–Kier alpha value is -2.61. The zero-order valence-corrected chi connectivity index (χ0v) is 8.57. The standard InChI is InChI=1S/C12H7FN2O2/c13-8-3-1-2-7(4-8)9-5-11(16)15-12(17)10(9)6-14/h1-5H,(H2,15,16,17). The van der Waals surface area contributed by atoms with Crippen LogP contribution in [-0.4, -0.2) is 10.1 Å². The average Bonchev–Trinajstić information content (AvgIpc) is 2.28. The molecule has 1 heterocycles. The molecule has 84 valence electrons. The lowest BCUT2D eigenvalue weighted by Crippen LogP contribution is -2.06. The Morgan fingerprint density at radius 3 is 2.76 bits per heavy atom. The van der Waals surface area contributed by atoms with Crippen LogP contribution in [-0.2, 0) is 0 Å². The molecule has 1 aromatic carbocycles. The number of hydrogen-bond acceptors (Lipinski definition) is 3. The smallest absolute Gasteiger partial charge is 0.251 e. The van der Waals surface area contributed by atoms with Gasteiger partial charge in [-0.15, -0.1) is 0 Å². The maximum absolute atomic E-state index is 13.1. The predicted molar refractivity (Wildman–Crippen MR) is 58.8 cm³/mol. The molecule has 0 spiro atoms. The van der Waals surface area contributed by atoms with E-state index < -0.39 is 17.3 Å². The summed E-state index contributed by atoms with van der Waals surface area (Å²) in [4.78, 5) is 13.3. The van der Waals surface area contributed by atoms with E-state index in [0.29, 0.717) is 5.56 Å². The van der Waals surface area contributed by atoms with E-state index in [0.717, 1.165) is 6.07 Å². The molecule has 5 heteroatoms. The molecule has 2 N–H and O–H groups in total. The maximum Gasteiger partial charge on any atom is 0.251 e. The second-order valence-corrected chi connectivity index (χ2v) is 3.39. The minimum atomic E-state index is -0.555. The lowest BCUT2D eigenvalue weighted by atomic mass is 10.0. The first-order valence-corrected chi connectivity index (χ1v) is 4.74. The van der Waals surface area contributed by atoms with E-state index in [1.165, 1.54) is 18.2 Å². The molecule has 0 saturated heterocycles. The van der Waals surface area contributed by atoms with Crippen LogP contribution in [0, 0.1) is 17.1 Å². The molecular weight excluding hydrogens is 223 g/mol. The van der Waals surface area contributed by atoms with Crippen LogP contribution in [0.1, 0.15) is 5.56 Å². The zero-order valence-electron chi connectivity index (χ0n) is 8.57. The first-order valence-electron chi connectivity index (χ1n) is 4.74. The molecule has 0 bridgehead atoms. The van der Waals surface area contributed by atoms with Crippen LogP contribution in [0.2, 0.25) is 0 Å². The van der Waals surface area contributed by atoms with Crippen LogP contribution in [0.3, 0.4) is 0 Å². The quantitative estimate of drug-likeness (QED) is 0.783. The number of nitriles is 1. The zero-order chi connectivity index (χ0) is 12.4. The molecular formula is C12H7FN2O2. The molecule has 0 fully saturated rings. The van der Waals surface area contributed by atoms with Gasteiger partial charge in [-0.05, 0) is 17.7 Å². The summed E-state index contributed by atoms with van der Waals surface area (Å²) in [5, 5.41) is 18.3. The molecule has 2 rings (SSSR count). The van der Waals surface area contributed by atoms with Crippen molar-refractivity contribution in [2.75, 3.05) is 0 Å². The average molecular weight is 230 g/mol. The molecule has 0 saturated carbocycles. The Balaban J connectivity index is 2.76. The Morgan fingerprint density at radius 2 is 2.12 bits per heavy atom. The highest BCUT2D eigenvalue weighted by molar-refractivity contribution is 5.72. The number of pyridine rings is 1. The van der Waals surface area contributed by atoms with Crippen LogP contribution < -0.4 is 5.56 Å². The molecule has 0 unspecified atom stereocenters. The van der Waals surface area contributed by atoms with E-state index in [4.69, 9.17) is 5.26 Å². The maximum atomic E-state index is 13.1. The number of halogens is 1. The monoisotopic (exact) mass is 230 g/mol. The topological polar surface area (TPSA) is 76.9 Å². The second kappa shape index (κ2) is 4.10. The summed E-state index contributed by atoms with van der Waals surface area (Å²) in [6.45, 7) is 0. The van der Waals surface area contributed by atoms with Crippen molar-refractivity contribution in [2.24, 2.45) is 0 Å². The van der Waals surface area contributed by atoms with Gasteiger partial charge in [-0.2, -0.15) is 5.26 Å². The summed E-state index contributed by atoms with van der Waals surface area (Å²) in [5.41, 5.74) is -0.0767. The summed E-state index contributed by atoms with van der Waals surface area (Å²) in [6, 6.07) is 8.37. The molecule has 2 aromatic rings. The number of rotatable bonds is 1. The summed E-state index contributed by atoms with van der Waals surface area (Å²) in [5.74, 6) is -0.995. The van der Waals surface area contributed by atoms with Crippen molar-refractivity contribution >= 4 is 0 Å². The van der Waals surface area contributed by atoms with Gasteiger partial charge >= 0.3 is 0 Å². The number of aromatic amines is 1. The fourth-order valence-corrected chi connectivity index (χ4v) is 1.54.